The van der Waals surface area contributed by atoms with Gasteiger partial charge in [-0.05, 0) is 19.3 Å². The molecule has 0 aliphatic carbocycles. The van der Waals surface area contributed by atoms with E-state index in [0.717, 1.165) is 37.3 Å². The minimum absolute atomic E-state index is 0.0419. The van der Waals surface area contributed by atoms with E-state index in [1.165, 1.54) is 0 Å². The maximum Gasteiger partial charge on any atom is 0.269 e. The second kappa shape index (κ2) is 3.61. The molecule has 1 amide bonds. The molecule has 0 radical (unpaired) electrons. The van der Waals surface area contributed by atoms with Crippen molar-refractivity contribution in [1.82, 2.24) is 9.55 Å². The highest BCUT2D eigenvalue weighted by molar-refractivity contribution is 5.92. The van der Waals surface area contributed by atoms with Crippen LogP contribution in [0, 0.1) is 0 Å². The molecule has 0 unspecified atom stereocenters. The number of hydrogen-bond acceptors (Lipinski definition) is 2. The zero-order valence-corrected chi connectivity index (χ0v) is 10.2. The molecule has 4 nitrogen and oxygen atoms in total. The number of fused-ring (bicyclic) bond motifs is 1. The van der Waals surface area contributed by atoms with Crippen LogP contribution in [0.3, 0.4) is 0 Å². The van der Waals surface area contributed by atoms with Crippen molar-refractivity contribution in [3.63, 3.8) is 0 Å². The highest BCUT2D eigenvalue weighted by Gasteiger charge is 2.28. The Bertz CT molecular complexity index is 426. The van der Waals surface area contributed by atoms with Gasteiger partial charge in [0.05, 0.1) is 5.69 Å². The molecule has 16 heavy (non-hydrogen) atoms. The van der Waals surface area contributed by atoms with Gasteiger partial charge in [0, 0.05) is 12.0 Å². The number of nitrogens with two attached hydrogens (primary N) is 1. The molecule has 0 aromatic carbocycles. The van der Waals surface area contributed by atoms with E-state index in [0.29, 0.717) is 5.69 Å². The SMILES string of the molecule is CC(C)(C)c1nc(C(N)=O)c2n1CCCC2. The lowest BCUT2D eigenvalue weighted by atomic mass is 9.95. The molecule has 1 aliphatic heterocycles. The van der Waals surface area contributed by atoms with Crippen molar-refractivity contribution < 1.29 is 4.79 Å². The van der Waals surface area contributed by atoms with Crippen LogP contribution in [0.1, 0.15) is 55.6 Å². The van der Waals surface area contributed by atoms with Crippen LogP contribution >= 0.6 is 0 Å². The Kier molecular flexibility index (Phi) is 2.52. The quantitative estimate of drug-likeness (QED) is 0.783. The molecule has 2 rings (SSSR count). The summed E-state index contributed by atoms with van der Waals surface area (Å²) in [5.41, 5.74) is 6.85. The van der Waals surface area contributed by atoms with Crippen LogP contribution < -0.4 is 5.73 Å². The Morgan fingerprint density at radius 1 is 1.38 bits per heavy atom. The Labute approximate surface area is 95.9 Å². The Morgan fingerprint density at radius 3 is 2.62 bits per heavy atom. The van der Waals surface area contributed by atoms with Crippen molar-refractivity contribution in [1.29, 1.82) is 0 Å². The predicted octanol–water partition coefficient (Wildman–Crippen LogP) is 1.62. The third-order valence-corrected chi connectivity index (χ3v) is 3.02. The van der Waals surface area contributed by atoms with Gasteiger partial charge in [0.15, 0.2) is 0 Å². The summed E-state index contributed by atoms with van der Waals surface area (Å²) in [6.45, 7) is 7.30. The number of aromatic nitrogens is 2. The third-order valence-electron chi connectivity index (χ3n) is 3.02. The van der Waals surface area contributed by atoms with Gasteiger partial charge in [0.2, 0.25) is 0 Å². The molecule has 2 heterocycles. The van der Waals surface area contributed by atoms with Crippen molar-refractivity contribution in [3.8, 4) is 0 Å². The monoisotopic (exact) mass is 221 g/mol. The highest BCUT2D eigenvalue weighted by atomic mass is 16.1. The van der Waals surface area contributed by atoms with Crippen LogP contribution in [0.25, 0.3) is 0 Å². The molecular weight excluding hydrogens is 202 g/mol. The number of carbonyl (C=O) groups is 1. The average molecular weight is 221 g/mol. The first kappa shape index (κ1) is 11.2. The van der Waals surface area contributed by atoms with E-state index in [9.17, 15) is 4.79 Å². The van der Waals surface area contributed by atoms with Crippen LogP contribution in [0.5, 0.6) is 0 Å². The zero-order valence-electron chi connectivity index (χ0n) is 10.2. The molecule has 0 fully saturated rings. The van der Waals surface area contributed by atoms with E-state index in [2.05, 4.69) is 30.3 Å². The third kappa shape index (κ3) is 1.72. The van der Waals surface area contributed by atoms with Crippen molar-refractivity contribution in [2.45, 2.75) is 52.0 Å². The Balaban J connectivity index is 2.59. The number of amides is 1. The smallest absolute Gasteiger partial charge is 0.269 e. The normalized spacial score (nSPS) is 15.9. The standard InChI is InChI=1S/C12H19N3O/c1-12(2,3)11-14-9(10(13)16)8-6-4-5-7-15(8)11/h4-7H2,1-3H3,(H2,13,16). The second-order valence-corrected chi connectivity index (χ2v) is 5.45. The molecular formula is C12H19N3O. The fraction of sp³-hybridized carbons (Fsp3) is 0.667. The van der Waals surface area contributed by atoms with Crippen molar-refractivity contribution in [3.05, 3.63) is 17.2 Å². The summed E-state index contributed by atoms with van der Waals surface area (Å²) in [5.74, 6) is 0.581. The summed E-state index contributed by atoms with van der Waals surface area (Å²) < 4.78 is 2.18. The molecule has 0 saturated carbocycles. The molecule has 0 atom stereocenters. The summed E-state index contributed by atoms with van der Waals surface area (Å²) in [4.78, 5) is 15.8. The van der Waals surface area contributed by atoms with E-state index in [-0.39, 0.29) is 5.41 Å². The lowest BCUT2D eigenvalue weighted by Crippen LogP contribution is -2.22. The van der Waals surface area contributed by atoms with Crippen LogP contribution in [0.4, 0.5) is 0 Å². The molecule has 0 saturated heterocycles. The van der Waals surface area contributed by atoms with E-state index in [1.54, 1.807) is 0 Å². The topological polar surface area (TPSA) is 60.9 Å². The molecule has 1 aromatic heterocycles. The molecule has 2 N–H and O–H groups in total. The van der Waals surface area contributed by atoms with Gasteiger partial charge in [-0.2, -0.15) is 0 Å². The summed E-state index contributed by atoms with van der Waals surface area (Å²) >= 11 is 0. The fourth-order valence-electron chi connectivity index (χ4n) is 2.31. The minimum Gasteiger partial charge on any atom is -0.364 e. The van der Waals surface area contributed by atoms with Gasteiger partial charge in [-0.1, -0.05) is 20.8 Å². The lowest BCUT2D eigenvalue weighted by Gasteiger charge is -2.23. The van der Waals surface area contributed by atoms with Crippen LogP contribution in [0.15, 0.2) is 0 Å². The molecule has 4 heteroatoms. The lowest BCUT2D eigenvalue weighted by molar-refractivity contribution is 0.0994. The van der Waals surface area contributed by atoms with Gasteiger partial charge in [-0.3, -0.25) is 4.79 Å². The van der Waals surface area contributed by atoms with Crippen molar-refractivity contribution in [2.24, 2.45) is 5.73 Å². The van der Waals surface area contributed by atoms with Gasteiger partial charge < -0.3 is 10.3 Å². The van der Waals surface area contributed by atoms with Crippen LogP contribution in [-0.4, -0.2) is 15.5 Å². The first-order valence-electron chi connectivity index (χ1n) is 5.81. The van der Waals surface area contributed by atoms with Gasteiger partial charge in [0.1, 0.15) is 11.5 Å². The summed E-state index contributed by atoms with van der Waals surface area (Å²) in [7, 11) is 0. The number of carbonyl (C=O) groups excluding carboxylic acids is 1. The van der Waals surface area contributed by atoms with E-state index < -0.39 is 5.91 Å². The Morgan fingerprint density at radius 2 is 2.06 bits per heavy atom. The first-order valence-corrected chi connectivity index (χ1v) is 5.81. The maximum atomic E-state index is 11.4. The van der Waals surface area contributed by atoms with Gasteiger partial charge >= 0.3 is 0 Å². The maximum absolute atomic E-state index is 11.4. The first-order chi connectivity index (χ1) is 7.41. The van der Waals surface area contributed by atoms with Gasteiger partial charge in [0.25, 0.3) is 5.91 Å². The minimum atomic E-state index is -0.402. The van der Waals surface area contributed by atoms with Gasteiger partial charge in [-0.15, -0.1) is 0 Å². The van der Waals surface area contributed by atoms with Crippen LogP contribution in [0.2, 0.25) is 0 Å². The van der Waals surface area contributed by atoms with E-state index in [1.807, 2.05) is 0 Å². The fourth-order valence-corrected chi connectivity index (χ4v) is 2.31. The molecule has 0 bridgehead atoms. The zero-order chi connectivity index (χ0) is 11.9. The summed E-state index contributed by atoms with van der Waals surface area (Å²) in [6, 6.07) is 0. The average Bonchev–Trinajstić information content (AvgIpc) is 2.56. The van der Waals surface area contributed by atoms with Crippen molar-refractivity contribution in [2.75, 3.05) is 0 Å². The van der Waals surface area contributed by atoms with E-state index in [4.69, 9.17) is 5.73 Å². The highest BCUT2D eigenvalue weighted by Crippen LogP contribution is 2.28. The molecule has 0 spiro atoms. The number of rotatable bonds is 1. The second-order valence-electron chi connectivity index (χ2n) is 5.45. The molecule has 88 valence electrons. The molecule has 1 aromatic rings. The summed E-state index contributed by atoms with van der Waals surface area (Å²) in [5, 5.41) is 0. The summed E-state index contributed by atoms with van der Waals surface area (Å²) in [6.07, 6.45) is 3.20. The predicted molar refractivity (Wildman–Crippen MR) is 62.4 cm³/mol. The number of primary amides is 1. The Hall–Kier alpha value is -1.32. The number of nitrogens with zero attached hydrogens (tertiary/aromatic N) is 2. The largest absolute Gasteiger partial charge is 0.364 e. The van der Waals surface area contributed by atoms with Crippen molar-refractivity contribution >= 4 is 5.91 Å². The number of imidazole rings is 1. The van der Waals surface area contributed by atoms with Crippen LogP contribution in [-0.2, 0) is 18.4 Å². The van der Waals surface area contributed by atoms with Gasteiger partial charge in [-0.25, -0.2) is 4.98 Å². The van der Waals surface area contributed by atoms with E-state index >= 15 is 0 Å². The molecule has 1 aliphatic rings. The number of hydrogen-bond donors (Lipinski definition) is 1.